The van der Waals surface area contributed by atoms with E-state index in [4.69, 9.17) is 0 Å². The van der Waals surface area contributed by atoms with Crippen molar-refractivity contribution in [3.63, 3.8) is 0 Å². The van der Waals surface area contributed by atoms with Crippen LogP contribution in [-0.2, 0) is 12.6 Å². The molecule has 2 N–H and O–H groups in total. The van der Waals surface area contributed by atoms with E-state index in [2.05, 4.69) is 15.6 Å². The maximum absolute atomic E-state index is 12.9. The number of alkyl halides is 3. The second-order valence-electron chi connectivity index (χ2n) is 4.51. The number of nitrogens with one attached hydrogen (secondary N) is 2. The predicted octanol–water partition coefficient (Wildman–Crippen LogP) is 4.45. The molecule has 21 heavy (non-hydrogen) atoms. The molecule has 1 aromatic heterocycles. The summed E-state index contributed by atoms with van der Waals surface area (Å²) in [6.07, 6.45) is -3.63. The number of hydrogen-bond acceptors (Lipinski definition) is 3. The van der Waals surface area contributed by atoms with E-state index in [0.717, 1.165) is 29.8 Å². The molecule has 0 saturated carbocycles. The lowest BCUT2D eigenvalue weighted by molar-refractivity contribution is -0.137. The maximum atomic E-state index is 12.9. The Morgan fingerprint density at radius 3 is 2.38 bits per heavy atom. The molecule has 0 amide bonds. The van der Waals surface area contributed by atoms with Crippen LogP contribution in [0.4, 0.5) is 30.5 Å². The molecule has 0 saturated heterocycles. The van der Waals surface area contributed by atoms with Gasteiger partial charge in [0, 0.05) is 12.7 Å². The second kappa shape index (κ2) is 6.03. The topological polar surface area (TPSA) is 37.0 Å². The van der Waals surface area contributed by atoms with Gasteiger partial charge in [-0.3, -0.25) is 0 Å². The lowest BCUT2D eigenvalue weighted by Crippen LogP contribution is -2.08. The fourth-order valence-corrected chi connectivity index (χ4v) is 1.97. The molecule has 6 heteroatoms. The Hall–Kier alpha value is -2.24. The van der Waals surface area contributed by atoms with Crippen molar-refractivity contribution in [3.8, 4) is 0 Å². The average molecular weight is 295 g/mol. The van der Waals surface area contributed by atoms with Crippen molar-refractivity contribution < 1.29 is 13.2 Å². The zero-order valence-electron chi connectivity index (χ0n) is 11.8. The summed E-state index contributed by atoms with van der Waals surface area (Å²) in [6, 6.07) is 9.45. The molecule has 2 rings (SSSR count). The molecule has 1 aromatic carbocycles. The first-order chi connectivity index (χ1) is 9.94. The number of anilines is 3. The van der Waals surface area contributed by atoms with Crippen molar-refractivity contribution in [3.05, 3.63) is 47.5 Å². The van der Waals surface area contributed by atoms with E-state index >= 15 is 0 Å². The highest BCUT2D eigenvalue weighted by atomic mass is 19.4. The van der Waals surface area contributed by atoms with Crippen molar-refractivity contribution >= 4 is 17.3 Å². The van der Waals surface area contributed by atoms with Crippen LogP contribution in [0, 0.1) is 0 Å². The highest BCUT2D eigenvalue weighted by Gasteiger charge is 2.31. The van der Waals surface area contributed by atoms with Crippen LogP contribution in [-0.4, -0.2) is 12.0 Å². The molecule has 0 unspecified atom stereocenters. The number of rotatable bonds is 4. The molecular formula is C15H16F3N3. The Labute approximate surface area is 121 Å². The Balaban J connectivity index is 2.39. The van der Waals surface area contributed by atoms with Gasteiger partial charge in [-0.25, -0.2) is 4.98 Å². The minimum absolute atomic E-state index is 0.162. The molecule has 0 fully saturated rings. The SMILES string of the molecule is CCc1ccccc1Nc1cc(C(F)(F)F)cc(NC)n1. The van der Waals surface area contributed by atoms with Crippen LogP contribution in [0.15, 0.2) is 36.4 Å². The molecule has 1 heterocycles. The monoisotopic (exact) mass is 295 g/mol. The summed E-state index contributed by atoms with van der Waals surface area (Å²) < 4.78 is 38.7. The van der Waals surface area contributed by atoms with Crippen LogP contribution in [0.3, 0.4) is 0 Å². The number of nitrogens with zero attached hydrogens (tertiary/aromatic N) is 1. The smallest absolute Gasteiger partial charge is 0.373 e. The normalized spacial score (nSPS) is 11.3. The van der Waals surface area contributed by atoms with Crippen molar-refractivity contribution in [2.45, 2.75) is 19.5 Å². The summed E-state index contributed by atoms with van der Waals surface area (Å²) in [6.45, 7) is 1.99. The molecular weight excluding hydrogens is 279 g/mol. The van der Waals surface area contributed by atoms with Crippen LogP contribution >= 0.6 is 0 Å². The first-order valence-electron chi connectivity index (χ1n) is 6.56. The molecule has 112 valence electrons. The summed E-state index contributed by atoms with van der Waals surface area (Å²) in [5, 5.41) is 5.60. The van der Waals surface area contributed by atoms with E-state index < -0.39 is 11.7 Å². The highest BCUT2D eigenvalue weighted by molar-refractivity contribution is 5.63. The number of hydrogen-bond donors (Lipinski definition) is 2. The first-order valence-corrected chi connectivity index (χ1v) is 6.56. The zero-order chi connectivity index (χ0) is 15.5. The number of pyridine rings is 1. The zero-order valence-corrected chi connectivity index (χ0v) is 11.8. The third-order valence-electron chi connectivity index (χ3n) is 3.07. The second-order valence-corrected chi connectivity index (χ2v) is 4.51. The standard InChI is InChI=1S/C15H16F3N3/c1-3-10-6-4-5-7-12(10)20-14-9-11(15(16,17)18)8-13(19-2)21-14/h4-9H,3H2,1-2H3,(H2,19,20,21). The third-order valence-corrected chi connectivity index (χ3v) is 3.07. The minimum Gasteiger partial charge on any atom is -0.373 e. The van der Waals surface area contributed by atoms with Crippen LogP contribution in [0.25, 0.3) is 0 Å². The van der Waals surface area contributed by atoms with E-state index in [1.54, 1.807) is 0 Å². The fourth-order valence-electron chi connectivity index (χ4n) is 1.97. The molecule has 0 aliphatic heterocycles. The number of benzene rings is 1. The van der Waals surface area contributed by atoms with E-state index in [1.165, 1.54) is 7.05 Å². The van der Waals surface area contributed by atoms with Gasteiger partial charge in [0.15, 0.2) is 0 Å². The quantitative estimate of drug-likeness (QED) is 0.875. The molecule has 3 nitrogen and oxygen atoms in total. The first kappa shape index (κ1) is 15.2. The van der Waals surface area contributed by atoms with Crippen LogP contribution in [0.1, 0.15) is 18.1 Å². The Morgan fingerprint density at radius 1 is 1.10 bits per heavy atom. The van der Waals surface area contributed by atoms with E-state index in [9.17, 15) is 13.2 Å². The van der Waals surface area contributed by atoms with Gasteiger partial charge in [0.2, 0.25) is 0 Å². The summed E-state index contributed by atoms with van der Waals surface area (Å²) >= 11 is 0. The predicted molar refractivity (Wildman–Crippen MR) is 77.9 cm³/mol. The maximum Gasteiger partial charge on any atom is 0.416 e. The van der Waals surface area contributed by atoms with Crippen LogP contribution < -0.4 is 10.6 Å². The highest BCUT2D eigenvalue weighted by Crippen LogP contribution is 2.33. The van der Waals surface area contributed by atoms with Crippen molar-refractivity contribution in [2.24, 2.45) is 0 Å². The van der Waals surface area contributed by atoms with Gasteiger partial charge in [0.05, 0.1) is 5.56 Å². The summed E-state index contributed by atoms with van der Waals surface area (Å²) in [5.74, 6) is 0.330. The molecule has 0 atom stereocenters. The number of halogens is 3. The van der Waals surface area contributed by atoms with Crippen LogP contribution in [0.5, 0.6) is 0 Å². The van der Waals surface area contributed by atoms with Crippen LogP contribution in [0.2, 0.25) is 0 Å². The minimum atomic E-state index is -4.41. The van der Waals surface area contributed by atoms with Crippen molar-refractivity contribution in [1.82, 2.24) is 4.98 Å². The number of para-hydroxylation sites is 1. The largest absolute Gasteiger partial charge is 0.416 e. The van der Waals surface area contributed by atoms with Gasteiger partial charge < -0.3 is 10.6 Å². The molecule has 0 bridgehead atoms. The average Bonchev–Trinajstić information content (AvgIpc) is 2.46. The Morgan fingerprint density at radius 2 is 1.76 bits per heavy atom. The fraction of sp³-hybridized carbons (Fsp3) is 0.267. The molecule has 0 aliphatic carbocycles. The van der Waals surface area contributed by atoms with Gasteiger partial charge in [0.25, 0.3) is 0 Å². The molecule has 0 radical (unpaired) electrons. The van der Waals surface area contributed by atoms with E-state index in [0.29, 0.717) is 0 Å². The Bertz CT molecular complexity index is 624. The van der Waals surface area contributed by atoms with Gasteiger partial charge in [-0.05, 0) is 30.2 Å². The molecule has 2 aromatic rings. The van der Waals surface area contributed by atoms with Gasteiger partial charge in [-0.15, -0.1) is 0 Å². The Kier molecular flexibility index (Phi) is 4.35. The van der Waals surface area contributed by atoms with Gasteiger partial charge in [-0.1, -0.05) is 25.1 Å². The third kappa shape index (κ3) is 3.65. The number of aromatic nitrogens is 1. The van der Waals surface area contributed by atoms with Crippen molar-refractivity contribution in [1.29, 1.82) is 0 Å². The summed E-state index contributed by atoms with van der Waals surface area (Å²) in [4.78, 5) is 4.11. The molecule has 0 aliphatic rings. The lowest BCUT2D eigenvalue weighted by Gasteiger charge is -2.14. The van der Waals surface area contributed by atoms with Gasteiger partial charge in [-0.2, -0.15) is 13.2 Å². The van der Waals surface area contributed by atoms with E-state index in [-0.39, 0.29) is 11.6 Å². The summed E-state index contributed by atoms with van der Waals surface area (Å²) in [7, 11) is 1.53. The van der Waals surface area contributed by atoms with E-state index in [1.807, 2.05) is 31.2 Å². The lowest BCUT2D eigenvalue weighted by atomic mass is 10.1. The summed E-state index contributed by atoms with van der Waals surface area (Å²) in [5.41, 5.74) is 1.04. The number of aryl methyl sites for hydroxylation is 1. The van der Waals surface area contributed by atoms with Gasteiger partial charge in [0.1, 0.15) is 11.6 Å². The van der Waals surface area contributed by atoms with Crippen molar-refractivity contribution in [2.75, 3.05) is 17.7 Å². The molecule has 0 spiro atoms. The van der Waals surface area contributed by atoms with Gasteiger partial charge >= 0.3 is 6.18 Å².